The van der Waals surface area contributed by atoms with E-state index >= 15 is 0 Å². The molecule has 4 unspecified atom stereocenters. The zero-order valence-corrected chi connectivity index (χ0v) is 24.6. The predicted octanol–water partition coefficient (Wildman–Crippen LogP) is 7.45. The van der Waals surface area contributed by atoms with Crippen molar-refractivity contribution >= 4 is 10.9 Å². The first-order chi connectivity index (χ1) is 16.8. The Morgan fingerprint density at radius 3 is 2.19 bits per heavy atom. The van der Waals surface area contributed by atoms with E-state index in [1.54, 1.807) is 0 Å². The predicted molar refractivity (Wildman–Crippen MR) is 145 cm³/mol. The van der Waals surface area contributed by atoms with Crippen molar-refractivity contribution in [2.24, 2.45) is 22.7 Å². The molecule has 197 valence electrons. The first-order valence-electron chi connectivity index (χ1n) is 13.5. The molecule has 1 heterocycles. The molecule has 2 saturated carbocycles. The maximum absolute atomic E-state index is 10.9. The van der Waals surface area contributed by atoms with E-state index in [2.05, 4.69) is 50.9 Å². The van der Waals surface area contributed by atoms with E-state index in [-0.39, 0.29) is 49.1 Å². The molecule has 0 amide bonds. The molecule has 2 aromatic carbocycles. The summed E-state index contributed by atoms with van der Waals surface area (Å²) in [6.45, 7) is 8.77. The summed E-state index contributed by atoms with van der Waals surface area (Å²) in [7, 11) is 0. The van der Waals surface area contributed by atoms with E-state index in [1.807, 2.05) is 48.5 Å². The first-order valence-corrected chi connectivity index (χ1v) is 13.5. The molecule has 36 heavy (non-hydrogen) atoms. The largest absolute Gasteiger partial charge is 0.392 e. The van der Waals surface area contributed by atoms with E-state index in [0.717, 1.165) is 42.5 Å². The van der Waals surface area contributed by atoms with Crippen molar-refractivity contribution in [2.45, 2.75) is 84.8 Å². The minimum absolute atomic E-state index is 0. The molecule has 0 spiro atoms. The molecule has 0 saturated heterocycles. The van der Waals surface area contributed by atoms with Crippen LogP contribution in [0.3, 0.4) is 0 Å². The number of benzene rings is 2. The Hall–Kier alpha value is -1.58. The van der Waals surface area contributed by atoms with Gasteiger partial charge in [0.1, 0.15) is 0 Å². The van der Waals surface area contributed by atoms with Gasteiger partial charge in [-0.15, -0.1) is 35.9 Å². The maximum atomic E-state index is 10.9. The average molecular weight is 665 g/mol. The molecule has 2 fully saturated rings. The molecule has 1 radical (unpaired) electrons. The zero-order valence-electron chi connectivity index (χ0n) is 22.2. The number of rotatable bonds is 3. The molecule has 0 bridgehead atoms. The van der Waals surface area contributed by atoms with Gasteiger partial charge >= 0.3 is 0 Å². The fraction of sp³-hybridized carbons (Fsp3) is 0.531. The van der Waals surface area contributed by atoms with Crippen LogP contribution in [0.2, 0.25) is 0 Å². The Balaban J connectivity index is 0.000000197. The summed E-state index contributed by atoms with van der Waals surface area (Å²) in [5.74, 6) is 0.615. The normalized spacial score (nSPS) is 31.8. The summed E-state index contributed by atoms with van der Waals surface area (Å²) in [5.41, 5.74) is 3.03. The van der Waals surface area contributed by atoms with Crippen LogP contribution >= 0.6 is 0 Å². The minimum atomic E-state index is -0.342. The fourth-order valence-corrected chi connectivity index (χ4v) is 6.27. The maximum Gasteiger partial charge on any atom is 0.0649 e. The van der Waals surface area contributed by atoms with E-state index in [9.17, 15) is 10.2 Å². The summed E-state index contributed by atoms with van der Waals surface area (Å²) < 4.78 is 0. The van der Waals surface area contributed by atoms with Crippen molar-refractivity contribution in [3.05, 3.63) is 66.7 Å². The van der Waals surface area contributed by atoms with Crippen molar-refractivity contribution < 1.29 is 30.3 Å². The van der Waals surface area contributed by atoms with Crippen LogP contribution in [0.15, 0.2) is 60.7 Å². The van der Waals surface area contributed by atoms with E-state index in [1.165, 1.54) is 24.6 Å². The number of aromatic nitrogens is 1. The first kappa shape index (κ1) is 29.0. The average Bonchev–Trinajstić information content (AvgIpc) is 3.03. The number of pyridine rings is 1. The fourth-order valence-electron chi connectivity index (χ4n) is 6.27. The second-order valence-electron chi connectivity index (χ2n) is 11.3. The monoisotopic (exact) mass is 665 g/mol. The van der Waals surface area contributed by atoms with Crippen LogP contribution in [0.1, 0.15) is 72.6 Å². The van der Waals surface area contributed by atoms with Crippen molar-refractivity contribution in [3.8, 4) is 11.3 Å². The van der Waals surface area contributed by atoms with Gasteiger partial charge in [-0.2, -0.15) is 0 Å². The van der Waals surface area contributed by atoms with Gasteiger partial charge in [0.2, 0.25) is 0 Å². The molecule has 2 N–H and O–H groups in total. The number of fused-ring (bicyclic) bond motifs is 2. The van der Waals surface area contributed by atoms with Gasteiger partial charge in [-0.1, -0.05) is 64.4 Å². The van der Waals surface area contributed by atoms with Crippen LogP contribution in [-0.4, -0.2) is 27.4 Å². The molecule has 4 heteroatoms. The Kier molecular flexibility index (Phi) is 9.91. The second-order valence-corrected chi connectivity index (χ2v) is 11.3. The van der Waals surface area contributed by atoms with E-state index in [4.69, 9.17) is 0 Å². The third-order valence-electron chi connectivity index (χ3n) is 9.31. The van der Waals surface area contributed by atoms with Crippen LogP contribution in [0, 0.1) is 28.7 Å². The molecule has 3 aromatic rings. The van der Waals surface area contributed by atoms with Gasteiger partial charge in [0.25, 0.3) is 0 Å². The van der Waals surface area contributed by atoms with E-state index in [0.29, 0.717) is 5.92 Å². The molecular weight excluding hydrogens is 623 g/mol. The molecule has 1 aromatic heterocycles. The van der Waals surface area contributed by atoms with Gasteiger partial charge in [0.15, 0.2) is 0 Å². The Morgan fingerprint density at radius 2 is 1.53 bits per heavy atom. The molecule has 2 aliphatic carbocycles. The molecular formula is C32H42IrNO2-. The second kappa shape index (κ2) is 12.3. The summed E-state index contributed by atoms with van der Waals surface area (Å²) in [5, 5.41) is 23.0. The Labute approximate surface area is 231 Å². The van der Waals surface area contributed by atoms with Crippen molar-refractivity contribution in [2.75, 3.05) is 0 Å². The van der Waals surface area contributed by atoms with Gasteiger partial charge in [0, 0.05) is 26.0 Å². The smallest absolute Gasteiger partial charge is 0.0649 e. The van der Waals surface area contributed by atoms with Gasteiger partial charge < -0.3 is 10.2 Å². The van der Waals surface area contributed by atoms with Gasteiger partial charge in [-0.3, -0.25) is 4.98 Å². The number of hydrogen-bond donors (Lipinski definition) is 2. The number of hydrogen-bond acceptors (Lipinski definition) is 3. The molecule has 2 aliphatic rings. The van der Waals surface area contributed by atoms with Crippen molar-refractivity contribution in [1.82, 2.24) is 4.98 Å². The SMILES string of the molecule is CC[C@@]1(C)CCCC2CC[C@](C)(CC)C(O)C2C1O.[Ir].[c-]1ccccc1-c1ccc2ccccc2n1. The van der Waals surface area contributed by atoms with Crippen LogP contribution in [0.5, 0.6) is 0 Å². The van der Waals surface area contributed by atoms with Crippen LogP contribution in [-0.2, 0) is 20.1 Å². The van der Waals surface area contributed by atoms with Crippen molar-refractivity contribution in [1.29, 1.82) is 0 Å². The van der Waals surface area contributed by atoms with Gasteiger partial charge in [0.05, 0.1) is 17.7 Å². The third-order valence-corrected chi connectivity index (χ3v) is 9.31. The quantitative estimate of drug-likeness (QED) is 0.286. The van der Waals surface area contributed by atoms with Crippen LogP contribution < -0.4 is 0 Å². The third kappa shape index (κ3) is 5.94. The Bertz CT molecular complexity index is 1110. The Morgan fingerprint density at radius 1 is 0.861 bits per heavy atom. The minimum Gasteiger partial charge on any atom is -0.392 e. The number of aliphatic hydroxyl groups is 2. The summed E-state index contributed by atoms with van der Waals surface area (Å²) in [4.78, 5) is 4.61. The topological polar surface area (TPSA) is 53.4 Å². The zero-order chi connectivity index (χ0) is 25.1. The van der Waals surface area contributed by atoms with E-state index < -0.39 is 0 Å². The van der Waals surface area contributed by atoms with Crippen LogP contribution in [0.25, 0.3) is 22.2 Å². The molecule has 0 aliphatic heterocycles. The van der Waals surface area contributed by atoms with Crippen LogP contribution in [0.4, 0.5) is 0 Å². The number of aliphatic hydroxyl groups excluding tert-OH is 2. The summed E-state index contributed by atoms with van der Waals surface area (Å²) >= 11 is 0. The molecule has 3 nitrogen and oxygen atoms in total. The van der Waals surface area contributed by atoms with Gasteiger partial charge in [-0.25, -0.2) is 0 Å². The summed E-state index contributed by atoms with van der Waals surface area (Å²) in [6, 6.07) is 23.4. The number of para-hydroxylation sites is 1. The van der Waals surface area contributed by atoms with Crippen molar-refractivity contribution in [3.63, 3.8) is 0 Å². The molecule has 6 atom stereocenters. The van der Waals surface area contributed by atoms with Gasteiger partial charge in [-0.05, 0) is 72.4 Å². The number of nitrogens with zero attached hydrogens (tertiary/aromatic N) is 1. The molecule has 5 rings (SSSR count). The standard InChI is InChI=1S/C17H32O2.C15H10N.Ir/c1-5-16(3)10-7-8-12-9-11-17(4,6-2)15(19)13(12)14(16)18;1-2-6-12(7-3-1)15-11-10-13-8-4-5-9-14(13)16-15;/h12-15,18-19H,5-11H2,1-4H3;1-6,8-11H;/q;-1;/t12?,13?,14?,15?,16-,17-;;/m0../s1. The summed E-state index contributed by atoms with van der Waals surface area (Å²) in [6.07, 6.45) is 7.13.